The zero-order chi connectivity index (χ0) is 19.3. The van der Waals surface area contributed by atoms with Gasteiger partial charge in [0, 0.05) is 32.1 Å². The first-order chi connectivity index (χ1) is 13.0. The number of nitrogens with zero attached hydrogens (tertiary/aromatic N) is 5. The van der Waals surface area contributed by atoms with Crippen molar-refractivity contribution in [2.45, 2.75) is 32.5 Å². The molecule has 3 aliphatic rings. The molecular weight excluding hydrogens is 346 g/mol. The zero-order valence-corrected chi connectivity index (χ0v) is 15.7. The number of benzene rings is 1. The van der Waals surface area contributed by atoms with E-state index in [0.29, 0.717) is 12.4 Å². The number of rotatable bonds is 4. The predicted octanol–water partition coefficient (Wildman–Crippen LogP) is 1.32. The van der Waals surface area contributed by atoms with Gasteiger partial charge in [-0.25, -0.2) is 9.79 Å². The Hall–Kier alpha value is -2.87. The molecule has 0 spiro atoms. The van der Waals surface area contributed by atoms with Crippen LogP contribution in [0.5, 0.6) is 0 Å². The topological polar surface area (TPSA) is 79.7 Å². The third-order valence-electron chi connectivity index (χ3n) is 5.28. The van der Waals surface area contributed by atoms with Crippen molar-refractivity contribution >= 4 is 23.6 Å². The largest absolute Gasteiger partial charge is 0.396 e. The van der Waals surface area contributed by atoms with E-state index >= 15 is 0 Å². The number of fused-ring (bicyclic) bond motifs is 3. The van der Waals surface area contributed by atoms with E-state index in [1.807, 2.05) is 54.1 Å². The number of carbonyl (C=O) groups excluding carboxylic acids is 2. The smallest absolute Gasteiger partial charge is 0.328 e. The molecule has 142 valence electrons. The fourth-order valence-electron chi connectivity index (χ4n) is 3.90. The summed E-state index contributed by atoms with van der Waals surface area (Å²) in [6.07, 6.45) is 1.73. The Kier molecular flexibility index (Phi) is 4.15. The van der Waals surface area contributed by atoms with E-state index in [4.69, 9.17) is 10.1 Å². The van der Waals surface area contributed by atoms with Crippen molar-refractivity contribution in [3.05, 3.63) is 41.7 Å². The molecule has 2 unspecified atom stereocenters. The van der Waals surface area contributed by atoms with Gasteiger partial charge in [0.15, 0.2) is 12.2 Å². The van der Waals surface area contributed by atoms with Crippen LogP contribution in [0.25, 0.3) is 0 Å². The van der Waals surface area contributed by atoms with Crippen molar-refractivity contribution in [2.24, 2.45) is 4.99 Å². The minimum Gasteiger partial charge on any atom is -0.396 e. The number of amides is 3. The van der Waals surface area contributed by atoms with Crippen LogP contribution in [0, 0.1) is 6.92 Å². The predicted molar refractivity (Wildman–Crippen MR) is 101 cm³/mol. The lowest BCUT2D eigenvalue weighted by molar-refractivity contribution is -0.136. The number of carbonyl (C=O) groups is 2. The van der Waals surface area contributed by atoms with Gasteiger partial charge in [-0.2, -0.15) is 0 Å². The fourth-order valence-corrected chi connectivity index (χ4v) is 3.90. The number of likely N-dealkylation sites (N-methyl/N-ethyl adjacent to an activating group) is 1. The van der Waals surface area contributed by atoms with Gasteiger partial charge >= 0.3 is 6.03 Å². The Morgan fingerprint density at radius 1 is 1.19 bits per heavy atom. The number of imide groups is 1. The molecule has 1 fully saturated rings. The van der Waals surface area contributed by atoms with Crippen molar-refractivity contribution in [2.75, 3.05) is 25.1 Å². The lowest BCUT2D eigenvalue weighted by Gasteiger charge is -2.40. The number of aryl methyl sites for hydroxylation is 1. The van der Waals surface area contributed by atoms with Gasteiger partial charge in [-0.1, -0.05) is 18.2 Å². The monoisotopic (exact) mass is 369 g/mol. The van der Waals surface area contributed by atoms with Crippen LogP contribution in [0.4, 0.5) is 10.5 Å². The number of para-hydroxylation sites is 1. The van der Waals surface area contributed by atoms with Crippen molar-refractivity contribution in [1.82, 2.24) is 14.7 Å². The number of hydrogen-bond donors (Lipinski definition) is 1. The van der Waals surface area contributed by atoms with Crippen LogP contribution in [-0.2, 0) is 4.79 Å². The van der Waals surface area contributed by atoms with E-state index in [-0.39, 0.29) is 25.1 Å². The van der Waals surface area contributed by atoms with Gasteiger partial charge in [0.05, 0.1) is 5.69 Å². The van der Waals surface area contributed by atoms with Crippen LogP contribution in [0.15, 0.2) is 41.2 Å². The molecule has 1 saturated heterocycles. The maximum atomic E-state index is 13.1. The Morgan fingerprint density at radius 2 is 1.93 bits per heavy atom. The third kappa shape index (κ3) is 2.51. The molecule has 8 nitrogen and oxygen atoms in total. The van der Waals surface area contributed by atoms with Crippen molar-refractivity contribution in [1.29, 1.82) is 0 Å². The molecule has 0 aromatic heterocycles. The molecule has 3 heterocycles. The van der Waals surface area contributed by atoms with Crippen LogP contribution in [0.1, 0.15) is 18.9 Å². The molecule has 3 amide bonds. The summed E-state index contributed by atoms with van der Waals surface area (Å²) in [4.78, 5) is 37.0. The summed E-state index contributed by atoms with van der Waals surface area (Å²) in [5.74, 6) is 0.389. The van der Waals surface area contributed by atoms with E-state index in [1.165, 1.54) is 9.80 Å². The second-order valence-electron chi connectivity index (χ2n) is 7.05. The van der Waals surface area contributed by atoms with Gasteiger partial charge in [-0.3, -0.25) is 14.6 Å². The van der Waals surface area contributed by atoms with E-state index in [1.54, 1.807) is 7.05 Å². The average molecular weight is 369 g/mol. The number of aliphatic hydroxyl groups excluding tert-OH is 1. The Morgan fingerprint density at radius 3 is 2.63 bits per heavy atom. The summed E-state index contributed by atoms with van der Waals surface area (Å²) in [6, 6.07) is 7.06. The number of hydrogen-bond acceptors (Lipinski definition) is 6. The van der Waals surface area contributed by atoms with Crippen molar-refractivity contribution in [3.63, 3.8) is 0 Å². The first-order valence-electron chi connectivity index (χ1n) is 9.05. The van der Waals surface area contributed by atoms with Gasteiger partial charge < -0.3 is 14.9 Å². The van der Waals surface area contributed by atoms with Crippen LogP contribution in [-0.4, -0.2) is 70.1 Å². The summed E-state index contributed by atoms with van der Waals surface area (Å²) in [7, 11) is 1.67. The van der Waals surface area contributed by atoms with Gasteiger partial charge in [-0.05, 0) is 31.9 Å². The quantitative estimate of drug-likeness (QED) is 0.866. The van der Waals surface area contributed by atoms with Crippen LogP contribution in [0.3, 0.4) is 0 Å². The maximum absolute atomic E-state index is 13.1. The summed E-state index contributed by atoms with van der Waals surface area (Å²) < 4.78 is 0. The van der Waals surface area contributed by atoms with Gasteiger partial charge in [0.2, 0.25) is 5.96 Å². The molecule has 0 bridgehead atoms. The normalized spacial score (nSPS) is 24.3. The first kappa shape index (κ1) is 17.5. The summed E-state index contributed by atoms with van der Waals surface area (Å²) in [5.41, 5.74) is 3.07. The molecule has 2 atom stereocenters. The molecule has 8 heteroatoms. The minimum absolute atomic E-state index is 0.0690. The Bertz CT molecular complexity index is 865. The third-order valence-corrected chi connectivity index (χ3v) is 5.28. The second-order valence-corrected chi connectivity index (χ2v) is 7.05. The molecule has 1 aromatic rings. The molecule has 1 N–H and O–H groups in total. The molecule has 0 aliphatic carbocycles. The highest BCUT2D eigenvalue weighted by atomic mass is 16.3. The lowest BCUT2D eigenvalue weighted by Crippen LogP contribution is -2.64. The number of urea groups is 1. The minimum atomic E-state index is -0.578. The van der Waals surface area contributed by atoms with E-state index in [2.05, 4.69) is 0 Å². The molecule has 4 rings (SSSR count). The molecule has 27 heavy (non-hydrogen) atoms. The highest BCUT2D eigenvalue weighted by molar-refractivity contribution is 6.10. The summed E-state index contributed by atoms with van der Waals surface area (Å²) >= 11 is 0. The number of anilines is 1. The molecule has 3 aliphatic heterocycles. The fraction of sp³-hybridized carbons (Fsp3) is 0.421. The molecule has 0 radical (unpaired) electrons. The zero-order valence-electron chi connectivity index (χ0n) is 15.7. The standard InChI is InChI=1S/C19H23N5O3/c1-12-7-4-5-8-14(12)24-13(2)11-23-15-16(20-18(23)24)21(3)19(27)22(17(15)26)9-6-10-25/h4-5,7-8,11,15-16,25H,6,9-10H2,1-3H3. The Balaban J connectivity index is 1.71. The SMILES string of the molecule is CC1=CN2C(=NC3C2C(=O)N(CCCO)C(=O)N3C)N1c1ccccc1C. The lowest BCUT2D eigenvalue weighted by atomic mass is 10.1. The maximum Gasteiger partial charge on any atom is 0.328 e. The number of allylic oxidation sites excluding steroid dienone is 1. The number of aliphatic imine (C=N–C) groups is 1. The van der Waals surface area contributed by atoms with Gasteiger partial charge in [0.25, 0.3) is 5.91 Å². The van der Waals surface area contributed by atoms with Crippen molar-refractivity contribution < 1.29 is 14.7 Å². The van der Waals surface area contributed by atoms with E-state index in [0.717, 1.165) is 16.9 Å². The van der Waals surface area contributed by atoms with Crippen LogP contribution < -0.4 is 4.90 Å². The molecule has 1 aromatic carbocycles. The van der Waals surface area contributed by atoms with Gasteiger partial charge in [-0.15, -0.1) is 0 Å². The van der Waals surface area contributed by atoms with Crippen molar-refractivity contribution in [3.8, 4) is 0 Å². The van der Waals surface area contributed by atoms with Gasteiger partial charge in [0.1, 0.15) is 0 Å². The van der Waals surface area contributed by atoms with Crippen LogP contribution >= 0.6 is 0 Å². The number of aliphatic hydroxyl groups is 1. The molecule has 0 saturated carbocycles. The average Bonchev–Trinajstić information content (AvgIpc) is 3.15. The highest BCUT2D eigenvalue weighted by Gasteiger charge is 2.54. The van der Waals surface area contributed by atoms with Crippen LogP contribution in [0.2, 0.25) is 0 Å². The highest BCUT2D eigenvalue weighted by Crippen LogP contribution is 2.37. The van der Waals surface area contributed by atoms with E-state index < -0.39 is 12.2 Å². The summed E-state index contributed by atoms with van der Waals surface area (Å²) in [5, 5.41) is 9.08. The number of guanidine groups is 1. The summed E-state index contributed by atoms with van der Waals surface area (Å²) in [6.45, 7) is 4.15. The van der Waals surface area contributed by atoms with E-state index in [9.17, 15) is 9.59 Å². The first-order valence-corrected chi connectivity index (χ1v) is 9.05. The Labute approximate surface area is 158 Å². The second kappa shape index (κ2) is 6.38. The molecular formula is C19H23N5O3.